The largest absolute Gasteiger partial charge is 0.296 e. The van der Waals surface area contributed by atoms with Gasteiger partial charge in [-0.3, -0.25) is 4.79 Å². The molecule has 0 aliphatic carbocycles. The Labute approximate surface area is 121 Å². The average molecular weight is 286 g/mol. The number of hydrogen-bond donors (Lipinski definition) is 1. The molecule has 0 heterocycles. The molecular weight excluding hydrogens is 265 g/mol. The maximum atomic E-state index is 11.9. The second-order valence-corrected chi connectivity index (χ2v) is 8.14. The first kappa shape index (κ1) is 14.9. The van der Waals surface area contributed by atoms with Crippen molar-refractivity contribution in [3.05, 3.63) is 60.7 Å². The van der Waals surface area contributed by atoms with Gasteiger partial charge in [0.25, 0.3) is 0 Å². The molecule has 0 saturated carbocycles. The molecule has 0 aliphatic heterocycles. The summed E-state index contributed by atoms with van der Waals surface area (Å²) >= 11 is 0. The van der Waals surface area contributed by atoms with Crippen LogP contribution >= 0.6 is 7.41 Å². The Hall–Kier alpha value is -1.50. The fourth-order valence-electron chi connectivity index (χ4n) is 2.54. The minimum absolute atomic E-state index is 0.229. The van der Waals surface area contributed by atoms with Gasteiger partial charge in [-0.1, -0.05) is 36.4 Å². The SMILES string of the molecule is CCN[P+](CC(C)=O)(c1ccccc1)c1ccccc1. The lowest BCUT2D eigenvalue weighted by atomic mass is 10.4. The molecule has 0 aromatic heterocycles. The van der Waals surface area contributed by atoms with E-state index >= 15 is 0 Å². The van der Waals surface area contributed by atoms with Crippen LogP contribution in [0.3, 0.4) is 0 Å². The minimum Gasteiger partial charge on any atom is -0.296 e. The summed E-state index contributed by atoms with van der Waals surface area (Å²) in [5, 5.41) is 6.13. The normalized spacial score (nSPS) is 11.3. The van der Waals surface area contributed by atoms with Gasteiger partial charge in [0, 0.05) is 6.54 Å². The molecule has 0 fully saturated rings. The smallest absolute Gasteiger partial charge is 0.169 e. The minimum atomic E-state index is -1.86. The van der Waals surface area contributed by atoms with Crippen LogP contribution in [-0.4, -0.2) is 18.5 Å². The van der Waals surface area contributed by atoms with Gasteiger partial charge in [0.1, 0.15) is 16.8 Å². The van der Waals surface area contributed by atoms with E-state index in [1.807, 2.05) is 36.4 Å². The highest BCUT2D eigenvalue weighted by Crippen LogP contribution is 2.51. The Morgan fingerprint density at radius 3 is 1.75 bits per heavy atom. The first-order valence-corrected chi connectivity index (χ1v) is 8.90. The average Bonchev–Trinajstić information content (AvgIpc) is 2.48. The molecule has 20 heavy (non-hydrogen) atoms. The second-order valence-electron chi connectivity index (χ2n) is 4.85. The maximum Gasteiger partial charge on any atom is 0.169 e. The molecular formula is C17H21NOP+. The van der Waals surface area contributed by atoms with E-state index < -0.39 is 7.41 Å². The Bertz CT molecular complexity index is 514. The number of rotatable bonds is 6. The summed E-state index contributed by atoms with van der Waals surface area (Å²) in [4.78, 5) is 11.9. The molecule has 0 amide bonds. The quantitative estimate of drug-likeness (QED) is 0.827. The van der Waals surface area contributed by atoms with E-state index in [0.29, 0.717) is 6.16 Å². The molecule has 1 N–H and O–H groups in total. The summed E-state index contributed by atoms with van der Waals surface area (Å²) in [5.74, 6) is 0.229. The van der Waals surface area contributed by atoms with Crippen molar-refractivity contribution in [3.63, 3.8) is 0 Å². The standard InChI is InChI=1S/C17H21NOP/c1-3-18-20(14-15(2)19,16-10-6-4-7-11-16)17-12-8-5-9-13-17/h4-13,18H,3,14H2,1-2H3/q+1. The van der Waals surface area contributed by atoms with E-state index in [4.69, 9.17) is 0 Å². The van der Waals surface area contributed by atoms with Crippen molar-refractivity contribution in [2.24, 2.45) is 0 Å². The number of hydrogen-bond acceptors (Lipinski definition) is 2. The molecule has 2 aromatic carbocycles. The molecule has 3 heteroatoms. The zero-order valence-corrected chi connectivity index (χ0v) is 12.9. The number of benzene rings is 2. The van der Waals surface area contributed by atoms with Crippen LogP contribution in [0.25, 0.3) is 0 Å². The Morgan fingerprint density at radius 1 is 0.950 bits per heavy atom. The van der Waals surface area contributed by atoms with Gasteiger partial charge in [0.2, 0.25) is 0 Å². The third kappa shape index (κ3) is 3.15. The predicted molar refractivity (Wildman–Crippen MR) is 88.3 cm³/mol. The highest BCUT2D eigenvalue weighted by atomic mass is 31.2. The van der Waals surface area contributed by atoms with E-state index in [2.05, 4.69) is 36.3 Å². The van der Waals surface area contributed by atoms with E-state index in [1.165, 1.54) is 10.6 Å². The number of ketones is 1. The van der Waals surface area contributed by atoms with Crippen LogP contribution in [0, 0.1) is 0 Å². The van der Waals surface area contributed by atoms with Crippen LogP contribution in [0.4, 0.5) is 0 Å². The van der Waals surface area contributed by atoms with Crippen molar-refractivity contribution in [2.45, 2.75) is 13.8 Å². The van der Waals surface area contributed by atoms with Crippen LogP contribution < -0.4 is 15.7 Å². The van der Waals surface area contributed by atoms with Crippen molar-refractivity contribution in [1.29, 1.82) is 0 Å². The summed E-state index contributed by atoms with van der Waals surface area (Å²) in [6, 6.07) is 20.7. The summed E-state index contributed by atoms with van der Waals surface area (Å²) in [5.41, 5.74) is 0. The molecule has 0 radical (unpaired) electrons. The molecule has 0 aliphatic rings. The summed E-state index contributed by atoms with van der Waals surface area (Å²) in [7, 11) is -1.86. The van der Waals surface area contributed by atoms with Crippen molar-refractivity contribution < 1.29 is 4.79 Å². The van der Waals surface area contributed by atoms with E-state index in [-0.39, 0.29) is 5.78 Å². The van der Waals surface area contributed by atoms with Gasteiger partial charge >= 0.3 is 0 Å². The lowest BCUT2D eigenvalue weighted by Gasteiger charge is -2.26. The monoisotopic (exact) mass is 286 g/mol. The Morgan fingerprint density at radius 2 is 1.40 bits per heavy atom. The third-order valence-corrected chi connectivity index (χ3v) is 7.42. The van der Waals surface area contributed by atoms with Crippen LogP contribution in [0.5, 0.6) is 0 Å². The predicted octanol–water partition coefficient (Wildman–Crippen LogP) is 2.77. The van der Waals surface area contributed by atoms with Crippen molar-refractivity contribution in [3.8, 4) is 0 Å². The molecule has 104 valence electrons. The van der Waals surface area contributed by atoms with Crippen LogP contribution in [0.1, 0.15) is 13.8 Å². The summed E-state index contributed by atoms with van der Waals surface area (Å²) in [6.07, 6.45) is 0.564. The molecule has 0 saturated heterocycles. The number of Topliss-reactive ketones (excluding diaryl/α,β-unsaturated/α-hetero) is 1. The van der Waals surface area contributed by atoms with Crippen LogP contribution in [0.15, 0.2) is 60.7 Å². The second kappa shape index (κ2) is 6.78. The lowest BCUT2D eigenvalue weighted by Crippen LogP contribution is -2.37. The fraction of sp³-hybridized carbons (Fsp3) is 0.235. The Kier molecular flexibility index (Phi) is 5.05. The van der Waals surface area contributed by atoms with E-state index in [0.717, 1.165) is 6.54 Å². The summed E-state index contributed by atoms with van der Waals surface area (Å²) < 4.78 is 0. The molecule has 0 unspecified atom stereocenters. The topological polar surface area (TPSA) is 29.1 Å². The van der Waals surface area contributed by atoms with E-state index in [1.54, 1.807) is 6.92 Å². The first-order valence-electron chi connectivity index (χ1n) is 6.93. The zero-order chi connectivity index (χ0) is 14.4. The van der Waals surface area contributed by atoms with Gasteiger partial charge in [0.15, 0.2) is 13.2 Å². The number of carbonyl (C=O) groups is 1. The van der Waals surface area contributed by atoms with Gasteiger partial charge in [-0.05, 0) is 38.1 Å². The van der Waals surface area contributed by atoms with Crippen LogP contribution in [0.2, 0.25) is 0 Å². The highest BCUT2D eigenvalue weighted by molar-refractivity contribution is 7.88. The maximum absolute atomic E-state index is 11.9. The molecule has 2 aromatic rings. The van der Waals surface area contributed by atoms with Crippen molar-refractivity contribution >= 4 is 23.8 Å². The number of nitrogens with one attached hydrogen (secondary N) is 1. The molecule has 0 bridgehead atoms. The van der Waals surface area contributed by atoms with E-state index in [9.17, 15) is 4.79 Å². The first-order chi connectivity index (χ1) is 9.69. The number of carbonyl (C=O) groups excluding carboxylic acids is 1. The Balaban J connectivity index is 2.59. The molecule has 2 rings (SSSR count). The molecule has 0 atom stereocenters. The van der Waals surface area contributed by atoms with Gasteiger partial charge < -0.3 is 0 Å². The third-order valence-electron chi connectivity index (χ3n) is 3.28. The van der Waals surface area contributed by atoms with Crippen LogP contribution in [-0.2, 0) is 4.79 Å². The van der Waals surface area contributed by atoms with Crippen molar-refractivity contribution in [1.82, 2.24) is 5.09 Å². The highest BCUT2D eigenvalue weighted by Gasteiger charge is 2.43. The summed E-state index contributed by atoms with van der Waals surface area (Å²) in [6.45, 7) is 4.63. The van der Waals surface area contributed by atoms with Gasteiger partial charge in [-0.2, -0.15) is 5.09 Å². The zero-order valence-electron chi connectivity index (χ0n) is 12.0. The molecule has 0 spiro atoms. The fourth-order valence-corrected chi connectivity index (χ4v) is 6.25. The lowest BCUT2D eigenvalue weighted by molar-refractivity contribution is -0.114. The van der Waals surface area contributed by atoms with Gasteiger partial charge in [-0.15, -0.1) is 0 Å². The molecule has 2 nitrogen and oxygen atoms in total. The van der Waals surface area contributed by atoms with Gasteiger partial charge in [0.05, 0.1) is 0 Å². The van der Waals surface area contributed by atoms with Crippen molar-refractivity contribution in [2.75, 3.05) is 12.7 Å². The van der Waals surface area contributed by atoms with Gasteiger partial charge in [-0.25, -0.2) is 0 Å².